The predicted octanol–water partition coefficient (Wildman–Crippen LogP) is 4.77. The van der Waals surface area contributed by atoms with Gasteiger partial charge in [0.15, 0.2) is 0 Å². The Balaban J connectivity index is 2.60. The summed E-state index contributed by atoms with van der Waals surface area (Å²) in [5.41, 5.74) is 9.40. The van der Waals surface area contributed by atoms with Crippen LogP contribution in [0.15, 0.2) is 49.1 Å². The molecule has 0 aliphatic rings. The molecule has 40 heavy (non-hydrogen) atoms. The lowest BCUT2D eigenvalue weighted by Gasteiger charge is -2.34. The van der Waals surface area contributed by atoms with Crippen LogP contribution in [0.2, 0.25) is 0 Å². The van der Waals surface area contributed by atoms with Gasteiger partial charge in [-0.2, -0.15) is 0 Å². The molecule has 0 saturated carbocycles. The number of alkyl carbamates (subject to hydrolysis) is 1. The van der Waals surface area contributed by atoms with Crippen LogP contribution >= 0.6 is 0 Å². The number of ether oxygens (including phenoxy) is 1. The Kier molecular flexibility index (Phi) is 11.0. The van der Waals surface area contributed by atoms with Crippen LogP contribution in [0.25, 0.3) is 0 Å². The molecule has 2 aromatic carbocycles. The van der Waals surface area contributed by atoms with Crippen molar-refractivity contribution in [2.24, 2.45) is 5.73 Å². The minimum absolute atomic E-state index is 0.000265. The summed E-state index contributed by atoms with van der Waals surface area (Å²) in [5.74, 6) is -1.63. The van der Waals surface area contributed by atoms with E-state index in [4.69, 9.17) is 10.5 Å². The van der Waals surface area contributed by atoms with Crippen LogP contribution in [0.3, 0.4) is 0 Å². The van der Waals surface area contributed by atoms with E-state index in [1.807, 2.05) is 64.1 Å². The maximum Gasteiger partial charge on any atom is 0.408 e. The summed E-state index contributed by atoms with van der Waals surface area (Å²) in [6, 6.07) is 9.13. The molecule has 9 heteroatoms. The molecule has 2 aromatic rings. The number of rotatable bonds is 11. The quantitative estimate of drug-likeness (QED) is 0.347. The molecule has 0 aromatic heterocycles. The van der Waals surface area contributed by atoms with Gasteiger partial charge in [-0.05, 0) is 71.6 Å². The third-order valence-corrected chi connectivity index (χ3v) is 6.13. The number of carbonyl (C=O) groups is 4. The van der Waals surface area contributed by atoms with E-state index in [1.54, 1.807) is 20.8 Å². The summed E-state index contributed by atoms with van der Waals surface area (Å²) >= 11 is 0. The number of nitrogens with zero attached hydrogens (tertiary/aromatic N) is 1. The van der Waals surface area contributed by atoms with Crippen molar-refractivity contribution in [2.45, 2.75) is 79.0 Å². The first-order valence-corrected chi connectivity index (χ1v) is 13.3. The highest BCUT2D eigenvalue weighted by atomic mass is 16.6. The van der Waals surface area contributed by atoms with Crippen LogP contribution < -0.4 is 16.4 Å². The van der Waals surface area contributed by atoms with E-state index in [0.29, 0.717) is 11.3 Å². The zero-order valence-electron chi connectivity index (χ0n) is 24.6. The van der Waals surface area contributed by atoms with Gasteiger partial charge in [-0.1, -0.05) is 53.6 Å². The minimum Gasteiger partial charge on any atom is -0.444 e. The van der Waals surface area contributed by atoms with Gasteiger partial charge in [0.2, 0.25) is 11.8 Å². The van der Waals surface area contributed by atoms with Gasteiger partial charge in [-0.3, -0.25) is 14.4 Å². The van der Waals surface area contributed by atoms with Crippen molar-refractivity contribution in [1.29, 1.82) is 0 Å². The van der Waals surface area contributed by atoms with Crippen LogP contribution in [-0.2, 0) is 19.1 Å². The van der Waals surface area contributed by atoms with Crippen LogP contribution in [0.1, 0.15) is 67.5 Å². The molecular weight excluding hydrogens is 508 g/mol. The second kappa shape index (κ2) is 13.8. The Labute approximate surface area is 237 Å². The predicted molar refractivity (Wildman–Crippen MR) is 157 cm³/mol. The van der Waals surface area contributed by atoms with Crippen molar-refractivity contribution >= 4 is 29.5 Å². The van der Waals surface area contributed by atoms with Gasteiger partial charge in [0.25, 0.3) is 5.91 Å². The molecule has 4 amide bonds. The monoisotopic (exact) mass is 550 g/mol. The standard InChI is InChI=1S/C31H42N4O5/c1-9-15-35(29(38)24(13-14-25(32)36)33-30(39)40-31(6,7)8)27(23-17-19(2)16-20(3)18-23)28(37)34-26-21(4)11-10-12-22(26)5/h9-12,16-18,24,27H,1,13-15H2,2-8H3,(H2,32,36)(H,33,39)(H,34,37). The van der Waals surface area contributed by atoms with E-state index < -0.39 is 41.5 Å². The molecule has 0 bridgehead atoms. The Morgan fingerprint density at radius 1 is 1.02 bits per heavy atom. The van der Waals surface area contributed by atoms with E-state index in [0.717, 1.165) is 22.3 Å². The third-order valence-electron chi connectivity index (χ3n) is 6.13. The van der Waals surface area contributed by atoms with Gasteiger partial charge in [-0.15, -0.1) is 6.58 Å². The highest BCUT2D eigenvalue weighted by Crippen LogP contribution is 2.28. The van der Waals surface area contributed by atoms with E-state index in [9.17, 15) is 19.2 Å². The maximum absolute atomic E-state index is 14.1. The summed E-state index contributed by atoms with van der Waals surface area (Å²) in [5, 5.41) is 5.59. The number of amides is 4. The number of para-hydroxylation sites is 1. The van der Waals surface area contributed by atoms with E-state index in [2.05, 4.69) is 17.2 Å². The smallest absolute Gasteiger partial charge is 0.408 e. The summed E-state index contributed by atoms with van der Waals surface area (Å²) in [6.07, 6.45) is 0.464. The van der Waals surface area contributed by atoms with Crippen LogP contribution in [-0.4, -0.2) is 46.9 Å². The molecule has 0 radical (unpaired) electrons. The van der Waals surface area contributed by atoms with Gasteiger partial charge < -0.3 is 26.0 Å². The van der Waals surface area contributed by atoms with E-state index in [-0.39, 0.29) is 19.4 Å². The molecule has 216 valence electrons. The van der Waals surface area contributed by atoms with Crippen LogP contribution in [0.4, 0.5) is 10.5 Å². The molecule has 4 N–H and O–H groups in total. The topological polar surface area (TPSA) is 131 Å². The zero-order valence-corrected chi connectivity index (χ0v) is 24.6. The maximum atomic E-state index is 14.1. The Morgan fingerprint density at radius 2 is 1.60 bits per heavy atom. The molecule has 0 aliphatic heterocycles. The number of benzene rings is 2. The summed E-state index contributed by atoms with van der Waals surface area (Å²) in [4.78, 5) is 53.8. The summed E-state index contributed by atoms with van der Waals surface area (Å²) < 4.78 is 5.36. The fourth-order valence-corrected chi connectivity index (χ4v) is 4.50. The first kappa shape index (κ1) is 32.1. The Morgan fingerprint density at radius 3 is 2.10 bits per heavy atom. The summed E-state index contributed by atoms with van der Waals surface area (Å²) in [7, 11) is 0. The molecule has 9 nitrogen and oxygen atoms in total. The number of hydrogen-bond acceptors (Lipinski definition) is 5. The molecule has 0 heterocycles. The van der Waals surface area contributed by atoms with Crippen molar-refractivity contribution in [2.75, 3.05) is 11.9 Å². The van der Waals surface area contributed by atoms with Gasteiger partial charge in [0.05, 0.1) is 0 Å². The van der Waals surface area contributed by atoms with Gasteiger partial charge >= 0.3 is 6.09 Å². The Bertz CT molecular complexity index is 1220. The average molecular weight is 551 g/mol. The fraction of sp³-hybridized carbons (Fsp3) is 0.419. The van der Waals surface area contributed by atoms with Crippen molar-refractivity contribution in [3.05, 3.63) is 76.9 Å². The number of nitrogens with one attached hydrogen (secondary N) is 2. The van der Waals surface area contributed by atoms with Crippen molar-refractivity contribution in [3.8, 4) is 0 Å². The summed E-state index contributed by atoms with van der Waals surface area (Å²) in [6.45, 7) is 16.5. The Hall–Kier alpha value is -4.14. The van der Waals surface area contributed by atoms with Gasteiger partial charge in [0.1, 0.15) is 17.7 Å². The lowest BCUT2D eigenvalue weighted by Crippen LogP contribution is -2.52. The number of nitrogens with two attached hydrogens (primary N) is 1. The highest BCUT2D eigenvalue weighted by molar-refractivity contribution is 6.00. The molecule has 0 saturated heterocycles. The second-order valence-corrected chi connectivity index (χ2v) is 11.1. The third kappa shape index (κ3) is 9.25. The van der Waals surface area contributed by atoms with Crippen molar-refractivity contribution < 1.29 is 23.9 Å². The van der Waals surface area contributed by atoms with Crippen molar-refractivity contribution in [1.82, 2.24) is 10.2 Å². The SMILES string of the molecule is C=CCN(C(=O)C(CCC(N)=O)NC(=O)OC(C)(C)C)C(C(=O)Nc1c(C)cccc1C)c1cc(C)cc(C)c1. The number of hydrogen-bond donors (Lipinski definition) is 3. The highest BCUT2D eigenvalue weighted by Gasteiger charge is 2.36. The molecule has 2 rings (SSSR count). The van der Waals surface area contributed by atoms with E-state index >= 15 is 0 Å². The van der Waals surface area contributed by atoms with Crippen molar-refractivity contribution in [3.63, 3.8) is 0 Å². The van der Waals surface area contributed by atoms with Crippen LogP contribution in [0, 0.1) is 27.7 Å². The number of anilines is 1. The van der Waals surface area contributed by atoms with Crippen LogP contribution in [0.5, 0.6) is 0 Å². The number of primary amides is 1. The van der Waals surface area contributed by atoms with Gasteiger partial charge in [-0.25, -0.2) is 4.79 Å². The normalized spacial score (nSPS) is 12.6. The molecule has 2 atom stereocenters. The second-order valence-electron chi connectivity index (χ2n) is 11.1. The minimum atomic E-state index is -1.18. The fourth-order valence-electron chi connectivity index (χ4n) is 4.50. The molecule has 2 unspecified atom stereocenters. The molecule has 0 aliphatic carbocycles. The lowest BCUT2D eigenvalue weighted by molar-refractivity contribution is -0.140. The first-order chi connectivity index (χ1) is 18.6. The van der Waals surface area contributed by atoms with Gasteiger partial charge in [0, 0.05) is 18.7 Å². The van der Waals surface area contributed by atoms with E-state index in [1.165, 1.54) is 11.0 Å². The number of aryl methyl sites for hydroxylation is 4. The zero-order chi connectivity index (χ0) is 30.2. The molecular formula is C31H42N4O5. The average Bonchev–Trinajstić information content (AvgIpc) is 2.81. The largest absolute Gasteiger partial charge is 0.444 e. The molecule has 0 fully saturated rings. The lowest BCUT2D eigenvalue weighted by atomic mass is 9.97. The molecule has 0 spiro atoms. The first-order valence-electron chi connectivity index (χ1n) is 13.3. The number of carbonyl (C=O) groups excluding carboxylic acids is 4.